The number of carbonyl (C=O) groups excluding carboxylic acids is 1. The minimum Gasteiger partial charge on any atom is -0.388 e. The Kier molecular flexibility index (Phi) is 4.26. The predicted octanol–water partition coefficient (Wildman–Crippen LogP) is 1.07. The van der Waals surface area contributed by atoms with Crippen molar-refractivity contribution in [3.63, 3.8) is 0 Å². The molecule has 0 radical (unpaired) electrons. The van der Waals surface area contributed by atoms with Gasteiger partial charge in [-0.05, 0) is 18.6 Å². The lowest BCUT2D eigenvalue weighted by atomic mass is 10.0. The summed E-state index contributed by atoms with van der Waals surface area (Å²) in [7, 11) is 1.75. The van der Waals surface area contributed by atoms with Crippen molar-refractivity contribution in [3.8, 4) is 0 Å². The van der Waals surface area contributed by atoms with E-state index in [4.69, 9.17) is 0 Å². The fraction of sp³-hybridized carbons (Fsp3) is 0.900. The molecule has 0 spiro atoms. The summed E-state index contributed by atoms with van der Waals surface area (Å²) < 4.78 is 0. The molecule has 0 bridgehead atoms. The highest BCUT2D eigenvalue weighted by Crippen LogP contribution is 2.29. The summed E-state index contributed by atoms with van der Waals surface area (Å²) in [5, 5.41) is 10.1. The van der Waals surface area contributed by atoms with Gasteiger partial charge in [0.2, 0.25) is 5.91 Å². The van der Waals surface area contributed by atoms with E-state index in [1.54, 1.807) is 11.9 Å². The third-order valence-corrected chi connectivity index (χ3v) is 3.04. The zero-order valence-corrected chi connectivity index (χ0v) is 9.59. The van der Waals surface area contributed by atoms with Crippen molar-refractivity contribution in [1.29, 1.82) is 0 Å². The van der Waals surface area contributed by atoms with Gasteiger partial charge in [0.25, 0.3) is 0 Å². The van der Waals surface area contributed by atoms with Crippen LogP contribution in [0.3, 0.4) is 0 Å². The minimum atomic E-state index is -0.624. The van der Waals surface area contributed by atoms with E-state index in [1.165, 1.54) is 0 Å². The highest BCUT2D eigenvalue weighted by molar-refractivity contribution is 7.80. The third-order valence-electron chi connectivity index (χ3n) is 2.82. The second kappa shape index (κ2) is 5.03. The Hall–Kier alpha value is -0.220. The van der Waals surface area contributed by atoms with Crippen LogP contribution < -0.4 is 0 Å². The number of nitrogens with zero attached hydrogens (tertiary/aromatic N) is 1. The number of likely N-dealkylation sites (N-methyl/N-ethyl adjacent to an activating group) is 1. The van der Waals surface area contributed by atoms with Gasteiger partial charge in [0.15, 0.2) is 0 Å². The summed E-state index contributed by atoms with van der Waals surface area (Å²) in [5.74, 6) is 0.641. The van der Waals surface area contributed by atoms with Gasteiger partial charge in [-0.15, -0.1) is 0 Å². The molecule has 1 aliphatic rings. The lowest BCUT2D eigenvalue weighted by Gasteiger charge is -2.28. The van der Waals surface area contributed by atoms with E-state index in [-0.39, 0.29) is 5.91 Å². The molecule has 0 unspecified atom stereocenters. The van der Waals surface area contributed by atoms with Gasteiger partial charge in [-0.1, -0.05) is 12.8 Å². The van der Waals surface area contributed by atoms with E-state index >= 15 is 0 Å². The average Bonchev–Trinajstić information content (AvgIpc) is 2.52. The molecule has 1 aliphatic carbocycles. The Morgan fingerprint density at radius 3 is 2.57 bits per heavy atom. The summed E-state index contributed by atoms with van der Waals surface area (Å²) >= 11 is 4.01. The summed E-state index contributed by atoms with van der Waals surface area (Å²) in [6.45, 7) is 0.472. The number of rotatable bonds is 4. The molecule has 1 amide bonds. The van der Waals surface area contributed by atoms with E-state index in [0.717, 1.165) is 25.7 Å². The van der Waals surface area contributed by atoms with Crippen LogP contribution in [0.5, 0.6) is 0 Å². The molecule has 1 N–H and O–H groups in total. The Morgan fingerprint density at radius 1 is 1.50 bits per heavy atom. The highest BCUT2D eigenvalue weighted by atomic mass is 32.1. The van der Waals surface area contributed by atoms with Crippen LogP contribution in [0.2, 0.25) is 0 Å². The second-order valence-corrected chi connectivity index (χ2v) is 4.60. The molecule has 0 aliphatic heterocycles. The van der Waals surface area contributed by atoms with Crippen LogP contribution in [-0.4, -0.2) is 40.9 Å². The zero-order chi connectivity index (χ0) is 10.6. The molecule has 0 heterocycles. The molecule has 0 saturated heterocycles. The van der Waals surface area contributed by atoms with Crippen LogP contribution in [0.15, 0.2) is 0 Å². The molecule has 1 rings (SSSR count). The van der Waals surface area contributed by atoms with Gasteiger partial charge in [0.05, 0.1) is 5.60 Å². The van der Waals surface area contributed by atoms with Gasteiger partial charge in [0, 0.05) is 20.0 Å². The third kappa shape index (κ3) is 3.17. The van der Waals surface area contributed by atoms with Gasteiger partial charge in [-0.2, -0.15) is 12.6 Å². The maximum Gasteiger partial charge on any atom is 0.223 e. The van der Waals surface area contributed by atoms with Crippen molar-refractivity contribution in [2.45, 2.75) is 37.7 Å². The van der Waals surface area contributed by atoms with E-state index < -0.39 is 5.60 Å². The molecule has 0 aromatic heterocycles. The fourth-order valence-corrected chi connectivity index (χ4v) is 2.20. The van der Waals surface area contributed by atoms with Crippen LogP contribution in [0.1, 0.15) is 32.1 Å². The quantitative estimate of drug-likeness (QED) is 0.692. The van der Waals surface area contributed by atoms with Crippen LogP contribution in [0, 0.1) is 0 Å². The molecule has 0 aromatic rings. The Bertz CT molecular complexity index is 202. The van der Waals surface area contributed by atoms with E-state index in [1.807, 2.05) is 0 Å². The zero-order valence-electron chi connectivity index (χ0n) is 8.70. The molecule has 3 nitrogen and oxygen atoms in total. The summed E-state index contributed by atoms with van der Waals surface area (Å²) in [6, 6.07) is 0. The maximum atomic E-state index is 11.4. The molecule has 0 aromatic carbocycles. The minimum absolute atomic E-state index is 0.0697. The van der Waals surface area contributed by atoms with Crippen molar-refractivity contribution in [1.82, 2.24) is 4.90 Å². The monoisotopic (exact) mass is 217 g/mol. The van der Waals surface area contributed by atoms with E-state index in [9.17, 15) is 9.90 Å². The first kappa shape index (κ1) is 11.9. The Labute approximate surface area is 90.9 Å². The van der Waals surface area contributed by atoms with Crippen LogP contribution >= 0.6 is 12.6 Å². The molecular weight excluding hydrogens is 198 g/mol. The number of thiol groups is 1. The number of aliphatic hydroxyl groups is 1. The van der Waals surface area contributed by atoms with Crippen molar-refractivity contribution in [3.05, 3.63) is 0 Å². The SMILES string of the molecule is CN(CC1(O)CCCC1)C(=O)CCS. The first-order valence-electron chi connectivity index (χ1n) is 5.15. The molecule has 82 valence electrons. The molecular formula is C10H19NO2S. The van der Waals surface area contributed by atoms with Gasteiger partial charge in [-0.25, -0.2) is 0 Å². The van der Waals surface area contributed by atoms with Crippen LogP contribution in [0.4, 0.5) is 0 Å². The fourth-order valence-electron chi connectivity index (χ4n) is 2.01. The molecule has 4 heteroatoms. The lowest BCUT2D eigenvalue weighted by Crippen LogP contribution is -2.42. The van der Waals surface area contributed by atoms with Crippen LogP contribution in [-0.2, 0) is 4.79 Å². The molecule has 1 saturated carbocycles. The van der Waals surface area contributed by atoms with Crippen LogP contribution in [0.25, 0.3) is 0 Å². The largest absolute Gasteiger partial charge is 0.388 e. The maximum absolute atomic E-state index is 11.4. The second-order valence-electron chi connectivity index (χ2n) is 4.15. The summed E-state index contributed by atoms with van der Waals surface area (Å²) in [6.07, 6.45) is 4.25. The van der Waals surface area contributed by atoms with Crippen molar-refractivity contribution in [2.75, 3.05) is 19.3 Å². The Morgan fingerprint density at radius 2 is 2.07 bits per heavy atom. The van der Waals surface area contributed by atoms with Gasteiger partial charge < -0.3 is 10.0 Å². The molecule has 1 fully saturated rings. The van der Waals surface area contributed by atoms with Crippen molar-refractivity contribution < 1.29 is 9.90 Å². The predicted molar refractivity (Wildman–Crippen MR) is 59.5 cm³/mol. The smallest absolute Gasteiger partial charge is 0.223 e. The first-order chi connectivity index (χ1) is 6.57. The van der Waals surface area contributed by atoms with E-state index in [0.29, 0.717) is 18.7 Å². The standard InChI is InChI=1S/C10H19NO2S/c1-11(9(12)4-7-14)8-10(13)5-2-3-6-10/h13-14H,2-8H2,1H3. The highest BCUT2D eigenvalue weighted by Gasteiger charge is 2.33. The lowest BCUT2D eigenvalue weighted by molar-refractivity contribution is -0.132. The van der Waals surface area contributed by atoms with Gasteiger partial charge >= 0.3 is 0 Å². The topological polar surface area (TPSA) is 40.5 Å². The van der Waals surface area contributed by atoms with Crippen molar-refractivity contribution >= 4 is 18.5 Å². The summed E-state index contributed by atoms with van der Waals surface area (Å²) in [5.41, 5.74) is -0.624. The normalized spacial score (nSPS) is 19.6. The number of amides is 1. The average molecular weight is 217 g/mol. The molecule has 0 atom stereocenters. The number of hydrogen-bond acceptors (Lipinski definition) is 3. The summed E-state index contributed by atoms with van der Waals surface area (Å²) in [4.78, 5) is 13.1. The first-order valence-corrected chi connectivity index (χ1v) is 5.78. The Balaban J connectivity index is 2.38. The van der Waals surface area contributed by atoms with Crippen molar-refractivity contribution in [2.24, 2.45) is 0 Å². The molecule has 14 heavy (non-hydrogen) atoms. The van der Waals surface area contributed by atoms with Gasteiger partial charge in [-0.3, -0.25) is 4.79 Å². The van der Waals surface area contributed by atoms with Gasteiger partial charge in [0.1, 0.15) is 0 Å². The van der Waals surface area contributed by atoms with E-state index in [2.05, 4.69) is 12.6 Å². The number of carbonyl (C=O) groups is 1. The number of hydrogen-bond donors (Lipinski definition) is 2.